The topological polar surface area (TPSA) is 38.0 Å². The van der Waals surface area contributed by atoms with E-state index in [1.165, 1.54) is 10.9 Å². The number of nitrogen functional groups attached to an aromatic ring is 1. The van der Waals surface area contributed by atoms with Crippen LogP contribution < -0.4 is 11.1 Å². The molecule has 0 atom stereocenters. The Morgan fingerprint density at radius 2 is 2.06 bits per heavy atom. The molecule has 0 saturated heterocycles. The summed E-state index contributed by atoms with van der Waals surface area (Å²) in [5, 5.41) is 3.21. The summed E-state index contributed by atoms with van der Waals surface area (Å²) in [5.41, 5.74) is 6.91. The number of thiophene rings is 1. The van der Waals surface area contributed by atoms with Gasteiger partial charge in [-0.15, -0.1) is 11.3 Å². The molecule has 0 spiro atoms. The van der Waals surface area contributed by atoms with E-state index in [-0.39, 0.29) is 5.82 Å². The second-order valence-electron chi connectivity index (χ2n) is 3.74. The van der Waals surface area contributed by atoms with Crippen LogP contribution in [-0.2, 0) is 6.42 Å². The van der Waals surface area contributed by atoms with Gasteiger partial charge >= 0.3 is 0 Å². The largest absolute Gasteiger partial charge is 0.397 e. The van der Waals surface area contributed by atoms with Crippen LogP contribution in [0.2, 0.25) is 0 Å². The Morgan fingerprint density at radius 1 is 1.28 bits per heavy atom. The zero-order valence-electron chi connectivity index (χ0n) is 9.34. The molecular weight excluding hydrogens is 383 g/mol. The highest BCUT2D eigenvalue weighted by Crippen LogP contribution is 2.27. The van der Waals surface area contributed by atoms with Crippen molar-refractivity contribution in [1.29, 1.82) is 0 Å². The third kappa shape index (κ3) is 3.46. The molecule has 0 fully saturated rings. The average Bonchev–Trinajstić information content (AvgIpc) is 2.71. The Morgan fingerprint density at radius 3 is 2.72 bits per heavy atom. The van der Waals surface area contributed by atoms with Gasteiger partial charge in [0.15, 0.2) is 0 Å². The Labute approximate surface area is 126 Å². The van der Waals surface area contributed by atoms with Gasteiger partial charge in [-0.05, 0) is 56.5 Å². The summed E-state index contributed by atoms with van der Waals surface area (Å²) in [5.74, 6) is -0.347. The van der Waals surface area contributed by atoms with Crippen LogP contribution in [0.3, 0.4) is 0 Å². The maximum atomic E-state index is 13.2. The van der Waals surface area contributed by atoms with Crippen LogP contribution in [0.5, 0.6) is 0 Å². The van der Waals surface area contributed by atoms with Gasteiger partial charge in [-0.1, -0.05) is 0 Å². The molecule has 1 heterocycles. The van der Waals surface area contributed by atoms with E-state index in [2.05, 4.69) is 43.2 Å². The number of nitrogens with two attached hydrogens (primary N) is 1. The van der Waals surface area contributed by atoms with E-state index in [0.29, 0.717) is 10.2 Å². The van der Waals surface area contributed by atoms with Crippen molar-refractivity contribution in [2.24, 2.45) is 0 Å². The lowest BCUT2D eigenvalue weighted by atomic mass is 10.2. The molecule has 0 aliphatic heterocycles. The van der Waals surface area contributed by atoms with Crippen molar-refractivity contribution in [3.05, 3.63) is 43.2 Å². The zero-order chi connectivity index (χ0) is 13.1. The number of hydrogen-bond donors (Lipinski definition) is 2. The van der Waals surface area contributed by atoms with E-state index >= 15 is 0 Å². The Bertz CT molecular complexity index is 557. The zero-order valence-corrected chi connectivity index (χ0v) is 13.3. The van der Waals surface area contributed by atoms with Gasteiger partial charge in [0.1, 0.15) is 5.82 Å². The summed E-state index contributed by atoms with van der Waals surface area (Å²) in [7, 11) is 0. The van der Waals surface area contributed by atoms with Crippen molar-refractivity contribution in [2.75, 3.05) is 17.6 Å². The molecule has 0 unspecified atom stereocenters. The summed E-state index contributed by atoms with van der Waals surface area (Å²) >= 11 is 8.28. The molecule has 0 saturated carbocycles. The van der Waals surface area contributed by atoms with E-state index in [0.717, 1.165) is 22.4 Å². The van der Waals surface area contributed by atoms with Crippen molar-refractivity contribution in [3.8, 4) is 0 Å². The minimum atomic E-state index is -0.347. The monoisotopic (exact) mass is 392 g/mol. The maximum Gasteiger partial charge on any atom is 0.139 e. The predicted octanol–water partition coefficient (Wildman–Crippen LogP) is 4.65. The number of hydrogen-bond acceptors (Lipinski definition) is 3. The lowest BCUT2D eigenvalue weighted by molar-refractivity contribution is 0.622. The van der Waals surface area contributed by atoms with Gasteiger partial charge in [0.25, 0.3) is 0 Å². The summed E-state index contributed by atoms with van der Waals surface area (Å²) in [6.07, 6.45) is 0.907. The van der Waals surface area contributed by atoms with Crippen LogP contribution in [-0.4, -0.2) is 6.54 Å². The van der Waals surface area contributed by atoms with Gasteiger partial charge in [-0.3, -0.25) is 0 Å². The third-order valence-corrected chi connectivity index (χ3v) is 4.70. The molecule has 0 bridgehead atoms. The average molecular weight is 394 g/mol. The maximum absolute atomic E-state index is 13.2. The molecule has 6 heteroatoms. The fourth-order valence-corrected chi connectivity index (χ4v) is 3.35. The Hall–Kier alpha value is -0.590. The summed E-state index contributed by atoms with van der Waals surface area (Å²) < 4.78 is 14.7. The standard InChI is InChI=1S/C12H11Br2FN2S/c13-8-5-11(10(16)6-9(8)15)17-4-3-7-1-2-12(14)18-7/h1-2,5-6,17H,3-4,16H2. The molecule has 3 N–H and O–H groups in total. The minimum Gasteiger partial charge on any atom is -0.397 e. The smallest absolute Gasteiger partial charge is 0.139 e. The fraction of sp³-hybridized carbons (Fsp3) is 0.167. The highest BCUT2D eigenvalue weighted by atomic mass is 79.9. The Kier molecular flexibility index (Phi) is 4.64. The highest BCUT2D eigenvalue weighted by Gasteiger charge is 2.05. The first-order valence-electron chi connectivity index (χ1n) is 5.29. The molecular formula is C12H11Br2FN2S. The van der Waals surface area contributed by atoms with E-state index < -0.39 is 0 Å². The van der Waals surface area contributed by atoms with Crippen molar-refractivity contribution < 1.29 is 4.39 Å². The first-order valence-corrected chi connectivity index (χ1v) is 7.69. The van der Waals surface area contributed by atoms with E-state index in [9.17, 15) is 4.39 Å². The fourth-order valence-electron chi connectivity index (χ4n) is 1.52. The van der Waals surface area contributed by atoms with Gasteiger partial charge in [0.05, 0.1) is 19.6 Å². The second-order valence-corrected chi connectivity index (χ2v) is 7.14. The molecule has 0 radical (unpaired) electrons. The number of rotatable bonds is 4. The first kappa shape index (κ1) is 13.8. The van der Waals surface area contributed by atoms with Crippen LogP contribution in [0.15, 0.2) is 32.5 Å². The molecule has 2 rings (SSSR count). The van der Waals surface area contributed by atoms with E-state index in [1.807, 2.05) is 6.07 Å². The predicted molar refractivity (Wildman–Crippen MR) is 82.7 cm³/mol. The number of nitrogens with one attached hydrogen (secondary N) is 1. The molecule has 18 heavy (non-hydrogen) atoms. The van der Waals surface area contributed by atoms with Crippen molar-refractivity contribution >= 4 is 54.6 Å². The molecule has 96 valence electrons. The molecule has 2 nitrogen and oxygen atoms in total. The molecule has 1 aromatic carbocycles. The number of halogens is 3. The van der Waals surface area contributed by atoms with E-state index in [1.54, 1.807) is 17.4 Å². The lowest BCUT2D eigenvalue weighted by Gasteiger charge is -2.09. The van der Waals surface area contributed by atoms with Crippen LogP contribution in [0.1, 0.15) is 4.88 Å². The minimum absolute atomic E-state index is 0.347. The van der Waals surface area contributed by atoms with Crippen LogP contribution >= 0.6 is 43.2 Å². The Balaban J connectivity index is 1.96. The number of anilines is 2. The van der Waals surface area contributed by atoms with Gasteiger partial charge in [0.2, 0.25) is 0 Å². The molecule has 0 aliphatic rings. The van der Waals surface area contributed by atoms with Crippen molar-refractivity contribution in [2.45, 2.75) is 6.42 Å². The van der Waals surface area contributed by atoms with Gasteiger partial charge in [-0.25, -0.2) is 4.39 Å². The van der Waals surface area contributed by atoms with Crippen LogP contribution in [0.25, 0.3) is 0 Å². The van der Waals surface area contributed by atoms with Crippen molar-refractivity contribution in [1.82, 2.24) is 0 Å². The van der Waals surface area contributed by atoms with Gasteiger partial charge in [-0.2, -0.15) is 0 Å². The van der Waals surface area contributed by atoms with Gasteiger partial charge < -0.3 is 11.1 Å². The molecule has 1 aromatic heterocycles. The lowest BCUT2D eigenvalue weighted by Crippen LogP contribution is -2.06. The summed E-state index contributed by atoms with van der Waals surface area (Å²) in [4.78, 5) is 1.29. The third-order valence-electron chi connectivity index (χ3n) is 2.41. The van der Waals surface area contributed by atoms with Gasteiger partial charge in [0, 0.05) is 17.5 Å². The second kappa shape index (κ2) is 6.04. The number of benzene rings is 1. The quantitative estimate of drug-likeness (QED) is 0.742. The SMILES string of the molecule is Nc1cc(F)c(Br)cc1NCCc1ccc(Br)s1. The molecule has 0 amide bonds. The summed E-state index contributed by atoms with van der Waals surface area (Å²) in [6, 6.07) is 7.09. The normalized spacial score (nSPS) is 10.6. The van der Waals surface area contributed by atoms with Crippen molar-refractivity contribution in [3.63, 3.8) is 0 Å². The molecule has 2 aromatic rings. The van der Waals surface area contributed by atoms with Crippen LogP contribution in [0, 0.1) is 5.82 Å². The highest BCUT2D eigenvalue weighted by molar-refractivity contribution is 9.11. The van der Waals surface area contributed by atoms with Crippen LogP contribution in [0.4, 0.5) is 15.8 Å². The van der Waals surface area contributed by atoms with E-state index in [4.69, 9.17) is 5.73 Å². The molecule has 0 aliphatic carbocycles. The summed E-state index contributed by atoms with van der Waals surface area (Å²) in [6.45, 7) is 0.759. The first-order chi connectivity index (χ1) is 8.56.